The fraction of sp³-hybridized carbons (Fsp3) is 0.222. The zero-order valence-corrected chi connectivity index (χ0v) is 19.6. The summed E-state index contributed by atoms with van der Waals surface area (Å²) in [6.07, 6.45) is 0.0829. The summed E-state index contributed by atoms with van der Waals surface area (Å²) in [5, 5.41) is 2.82. The summed E-state index contributed by atoms with van der Waals surface area (Å²) in [6, 6.07) is 18.8. The largest absolute Gasteiger partial charge is 0.416 e. The lowest BCUT2D eigenvalue weighted by atomic mass is 10.1. The minimum Gasteiger partial charge on any atom is -0.350 e. The highest BCUT2D eigenvalue weighted by atomic mass is 19.4. The first-order valence-electron chi connectivity index (χ1n) is 11.6. The van der Waals surface area contributed by atoms with Gasteiger partial charge in [-0.1, -0.05) is 30.3 Å². The highest BCUT2D eigenvalue weighted by molar-refractivity contribution is 5.71. The molecule has 1 fully saturated rings. The summed E-state index contributed by atoms with van der Waals surface area (Å²) in [6.45, 7) is 0.269. The molecule has 1 aliphatic rings. The number of rotatable bonds is 6. The fourth-order valence-corrected chi connectivity index (χ4v) is 4.23. The van der Waals surface area contributed by atoms with E-state index in [1.54, 1.807) is 12.1 Å². The molecule has 10 heteroatoms. The van der Waals surface area contributed by atoms with Crippen LogP contribution in [0.15, 0.2) is 85.3 Å². The van der Waals surface area contributed by atoms with Crippen LogP contribution in [-0.4, -0.2) is 29.0 Å². The van der Waals surface area contributed by atoms with Crippen LogP contribution in [0.3, 0.4) is 0 Å². The minimum atomic E-state index is -4.53. The lowest BCUT2D eigenvalue weighted by molar-refractivity contribution is -0.687. The van der Waals surface area contributed by atoms with Gasteiger partial charge in [0, 0.05) is 36.4 Å². The van der Waals surface area contributed by atoms with Crippen LogP contribution < -0.4 is 14.8 Å². The van der Waals surface area contributed by atoms with Crippen LogP contribution >= 0.6 is 0 Å². The van der Waals surface area contributed by atoms with Crippen molar-refractivity contribution in [3.8, 4) is 11.1 Å². The van der Waals surface area contributed by atoms with Gasteiger partial charge in [0.25, 0.3) is 5.92 Å². The average Bonchev–Trinajstić information content (AvgIpc) is 3.24. The Kier molecular flexibility index (Phi) is 6.49. The second kappa shape index (κ2) is 9.76. The molecule has 190 valence electrons. The van der Waals surface area contributed by atoms with Gasteiger partial charge >= 0.3 is 6.18 Å². The number of nitrogens with zero attached hydrogens (tertiary/aromatic N) is 4. The molecule has 4 heterocycles. The maximum absolute atomic E-state index is 14.0. The van der Waals surface area contributed by atoms with Crippen LogP contribution in [0, 0.1) is 0 Å². The van der Waals surface area contributed by atoms with Gasteiger partial charge in [-0.25, -0.2) is 23.3 Å². The van der Waals surface area contributed by atoms with Crippen molar-refractivity contribution in [1.29, 1.82) is 0 Å². The summed E-state index contributed by atoms with van der Waals surface area (Å²) >= 11 is 0. The van der Waals surface area contributed by atoms with Crippen LogP contribution in [-0.2, 0) is 12.7 Å². The van der Waals surface area contributed by atoms with Crippen LogP contribution in [0.4, 0.5) is 39.4 Å². The molecule has 0 saturated carbocycles. The van der Waals surface area contributed by atoms with Crippen LogP contribution in [0.25, 0.3) is 11.1 Å². The Hall–Kier alpha value is -4.08. The van der Waals surface area contributed by atoms with Gasteiger partial charge in [0.05, 0.1) is 12.1 Å². The number of benzene rings is 1. The third-order valence-electron chi connectivity index (χ3n) is 6.05. The molecule has 5 rings (SSSR count). The third kappa shape index (κ3) is 6.02. The number of hydrogen-bond donors (Lipinski definition) is 1. The maximum Gasteiger partial charge on any atom is 0.416 e. The van der Waals surface area contributed by atoms with Gasteiger partial charge in [-0.2, -0.15) is 13.2 Å². The van der Waals surface area contributed by atoms with Crippen molar-refractivity contribution < 1.29 is 26.5 Å². The Morgan fingerprint density at radius 1 is 0.946 bits per heavy atom. The topological polar surface area (TPSA) is 44.9 Å². The zero-order chi connectivity index (χ0) is 26.0. The molecular weight excluding hydrogens is 489 g/mol. The molecule has 1 aliphatic heterocycles. The average molecular weight is 513 g/mol. The first kappa shape index (κ1) is 24.6. The van der Waals surface area contributed by atoms with Crippen molar-refractivity contribution in [3.63, 3.8) is 0 Å². The molecule has 3 aromatic heterocycles. The normalized spacial score (nSPS) is 15.1. The van der Waals surface area contributed by atoms with Gasteiger partial charge in [-0.05, 0) is 35.9 Å². The zero-order valence-electron chi connectivity index (χ0n) is 19.6. The van der Waals surface area contributed by atoms with E-state index in [4.69, 9.17) is 0 Å². The van der Waals surface area contributed by atoms with E-state index in [2.05, 4.69) is 15.3 Å². The first-order chi connectivity index (χ1) is 17.6. The number of alkyl halides is 5. The first-order valence-corrected chi connectivity index (χ1v) is 11.6. The Morgan fingerprint density at radius 3 is 2.49 bits per heavy atom. The number of hydrogen-bond acceptors (Lipinski definition) is 4. The van der Waals surface area contributed by atoms with E-state index in [1.165, 1.54) is 4.90 Å². The van der Waals surface area contributed by atoms with E-state index in [1.807, 2.05) is 59.4 Å². The number of pyridine rings is 3. The minimum absolute atomic E-state index is 0.0515. The van der Waals surface area contributed by atoms with Crippen LogP contribution in [0.2, 0.25) is 0 Å². The molecule has 5 nitrogen and oxygen atoms in total. The van der Waals surface area contributed by atoms with E-state index in [9.17, 15) is 22.0 Å². The highest BCUT2D eigenvalue weighted by Gasteiger charge is 2.39. The monoisotopic (exact) mass is 512 g/mol. The standard InChI is InChI=1S/C27H23F5N5/c28-26(29)9-12-37(18-26)25-14-21(20-7-4-11-36(17-20)16-19-5-2-1-3-6-19)13-24(35-25)34-23-15-22(8-10-33-23)27(30,31)32/h1-8,10-11,13-15,17H,9,12,16,18H2,(H,33,34,35)/q+1. The summed E-state index contributed by atoms with van der Waals surface area (Å²) in [7, 11) is 0. The van der Waals surface area contributed by atoms with Gasteiger partial charge < -0.3 is 10.2 Å². The summed E-state index contributed by atoms with van der Waals surface area (Å²) in [5.41, 5.74) is 1.73. The Balaban J connectivity index is 1.51. The van der Waals surface area contributed by atoms with E-state index >= 15 is 0 Å². The molecule has 1 saturated heterocycles. The molecule has 0 spiro atoms. The van der Waals surface area contributed by atoms with Crippen LogP contribution in [0.1, 0.15) is 17.5 Å². The van der Waals surface area contributed by atoms with Gasteiger partial charge in [0.2, 0.25) is 0 Å². The highest BCUT2D eigenvalue weighted by Crippen LogP contribution is 2.34. The number of nitrogens with one attached hydrogen (secondary N) is 1. The molecule has 37 heavy (non-hydrogen) atoms. The van der Waals surface area contributed by atoms with Gasteiger partial charge in [-0.3, -0.25) is 0 Å². The summed E-state index contributed by atoms with van der Waals surface area (Å²) in [4.78, 5) is 9.89. The van der Waals surface area contributed by atoms with Crippen molar-refractivity contribution >= 4 is 17.5 Å². The third-order valence-corrected chi connectivity index (χ3v) is 6.05. The molecule has 1 N–H and O–H groups in total. The lowest BCUT2D eigenvalue weighted by Crippen LogP contribution is -2.33. The summed E-state index contributed by atoms with van der Waals surface area (Å²) in [5.74, 6) is -2.38. The van der Waals surface area contributed by atoms with Crippen molar-refractivity contribution in [2.75, 3.05) is 23.3 Å². The van der Waals surface area contributed by atoms with Crippen molar-refractivity contribution in [1.82, 2.24) is 9.97 Å². The quantitative estimate of drug-likeness (QED) is 0.251. The Bertz CT molecular complexity index is 1390. The van der Waals surface area contributed by atoms with Gasteiger partial charge in [0.15, 0.2) is 18.9 Å². The van der Waals surface area contributed by atoms with Gasteiger partial charge in [-0.15, -0.1) is 0 Å². The van der Waals surface area contributed by atoms with E-state index in [0.717, 1.165) is 29.5 Å². The number of aromatic nitrogens is 3. The fourth-order valence-electron chi connectivity index (χ4n) is 4.23. The predicted octanol–water partition coefficient (Wildman–Crippen LogP) is 6.09. The molecule has 0 radical (unpaired) electrons. The Labute approximate surface area is 210 Å². The molecule has 1 aromatic carbocycles. The van der Waals surface area contributed by atoms with Crippen molar-refractivity contribution in [2.24, 2.45) is 0 Å². The summed E-state index contributed by atoms with van der Waals surface area (Å²) < 4.78 is 69.4. The smallest absolute Gasteiger partial charge is 0.350 e. The number of halogens is 5. The molecule has 0 amide bonds. The van der Waals surface area contributed by atoms with Crippen molar-refractivity contribution in [2.45, 2.75) is 25.1 Å². The molecule has 0 atom stereocenters. The molecular formula is C27H23F5N5+. The molecule has 4 aromatic rings. The molecule has 0 bridgehead atoms. The number of anilines is 3. The molecule has 0 unspecified atom stereocenters. The maximum atomic E-state index is 14.0. The second-order valence-corrected chi connectivity index (χ2v) is 8.93. The SMILES string of the molecule is FC1(F)CCN(c2cc(-c3ccc[n+](Cc4ccccc4)c3)cc(Nc3cc(C(F)(F)F)ccn3)n2)C1. The second-order valence-electron chi connectivity index (χ2n) is 8.93. The van der Waals surface area contributed by atoms with E-state index in [-0.39, 0.29) is 24.6 Å². The van der Waals surface area contributed by atoms with Crippen molar-refractivity contribution in [3.05, 3.63) is 96.4 Å². The van der Waals surface area contributed by atoms with E-state index < -0.39 is 24.2 Å². The van der Waals surface area contributed by atoms with Crippen LogP contribution in [0.5, 0.6) is 0 Å². The molecule has 0 aliphatic carbocycles. The predicted molar refractivity (Wildman–Crippen MR) is 130 cm³/mol. The van der Waals surface area contributed by atoms with Gasteiger partial charge in [0.1, 0.15) is 17.5 Å². The Morgan fingerprint density at radius 2 is 1.76 bits per heavy atom. The lowest BCUT2D eigenvalue weighted by Gasteiger charge is -2.19. The van der Waals surface area contributed by atoms with E-state index in [0.29, 0.717) is 17.9 Å².